The highest BCUT2D eigenvalue weighted by Crippen LogP contribution is 2.29. The fourth-order valence-electron chi connectivity index (χ4n) is 5.35. The Kier molecular flexibility index (Phi) is 10.3. The number of hydrogen-bond acceptors (Lipinski definition) is 5. The van der Waals surface area contributed by atoms with Crippen molar-refractivity contribution >= 4 is 27.5 Å². The van der Waals surface area contributed by atoms with Crippen LogP contribution in [0.3, 0.4) is 0 Å². The zero-order chi connectivity index (χ0) is 30.3. The van der Waals surface area contributed by atoms with Crippen molar-refractivity contribution in [2.24, 2.45) is 0 Å². The molecule has 0 bridgehead atoms. The number of nitrogens with one attached hydrogen (secondary N) is 1. The zero-order valence-electron chi connectivity index (χ0n) is 24.9. The van der Waals surface area contributed by atoms with Gasteiger partial charge in [-0.2, -0.15) is 0 Å². The van der Waals surface area contributed by atoms with E-state index in [0.717, 1.165) is 42.4 Å². The number of para-hydroxylation sites is 1. The van der Waals surface area contributed by atoms with E-state index in [9.17, 15) is 18.0 Å². The van der Waals surface area contributed by atoms with Gasteiger partial charge < -0.3 is 15.0 Å². The summed E-state index contributed by atoms with van der Waals surface area (Å²) in [4.78, 5) is 29.2. The molecule has 1 aliphatic carbocycles. The minimum atomic E-state index is -4.11. The van der Waals surface area contributed by atoms with E-state index in [1.54, 1.807) is 50.4 Å². The monoisotopic (exact) mass is 591 g/mol. The van der Waals surface area contributed by atoms with Gasteiger partial charge in [0.1, 0.15) is 18.3 Å². The van der Waals surface area contributed by atoms with Gasteiger partial charge in [-0.05, 0) is 74.6 Å². The van der Waals surface area contributed by atoms with Gasteiger partial charge >= 0.3 is 0 Å². The highest BCUT2D eigenvalue weighted by Gasteiger charge is 2.34. The van der Waals surface area contributed by atoms with Gasteiger partial charge in [0.15, 0.2) is 0 Å². The van der Waals surface area contributed by atoms with Crippen molar-refractivity contribution in [1.29, 1.82) is 0 Å². The standard InChI is InChI=1S/C33H41N3O5S/c1-5-27-12-6-9-16-31(27)36(42(39,40)30-19-17-24(2)18-20-30)23-32(37)35(22-26-11-10-15-29(21-26)41-4)25(3)33(38)34-28-13-7-8-14-28/h6,9-12,15-21,25,28H,5,7-8,13-14,22-23H2,1-4H3,(H,34,38)/t25-/m1/s1. The lowest BCUT2D eigenvalue weighted by Crippen LogP contribution is -2.52. The molecule has 0 saturated heterocycles. The molecule has 8 nitrogen and oxygen atoms in total. The largest absolute Gasteiger partial charge is 0.497 e. The number of benzene rings is 3. The Bertz CT molecular complexity index is 1480. The highest BCUT2D eigenvalue weighted by atomic mass is 32.2. The molecule has 1 saturated carbocycles. The summed E-state index contributed by atoms with van der Waals surface area (Å²) in [5, 5.41) is 3.10. The van der Waals surface area contributed by atoms with E-state index >= 15 is 0 Å². The Morgan fingerprint density at radius 2 is 1.69 bits per heavy atom. The third-order valence-electron chi connectivity index (χ3n) is 7.88. The van der Waals surface area contributed by atoms with E-state index < -0.39 is 28.5 Å². The number of nitrogens with zero attached hydrogens (tertiary/aromatic N) is 2. The molecule has 42 heavy (non-hydrogen) atoms. The zero-order valence-corrected chi connectivity index (χ0v) is 25.7. The highest BCUT2D eigenvalue weighted by molar-refractivity contribution is 7.92. The summed E-state index contributed by atoms with van der Waals surface area (Å²) in [5.41, 5.74) is 2.94. The fourth-order valence-corrected chi connectivity index (χ4v) is 6.80. The lowest BCUT2D eigenvalue weighted by molar-refractivity contribution is -0.139. The molecule has 1 aliphatic rings. The van der Waals surface area contributed by atoms with Crippen LogP contribution in [0.4, 0.5) is 5.69 Å². The third kappa shape index (κ3) is 7.31. The predicted octanol–water partition coefficient (Wildman–Crippen LogP) is 5.24. The van der Waals surface area contributed by atoms with Crippen LogP contribution < -0.4 is 14.4 Å². The van der Waals surface area contributed by atoms with E-state index in [1.165, 1.54) is 9.21 Å². The van der Waals surface area contributed by atoms with E-state index in [1.807, 2.05) is 50.2 Å². The number of rotatable bonds is 12. The van der Waals surface area contributed by atoms with Crippen LogP contribution in [0, 0.1) is 6.92 Å². The van der Waals surface area contributed by atoms with Crippen LogP contribution in [0.1, 0.15) is 56.2 Å². The first kappa shape index (κ1) is 31.1. The number of ether oxygens (including phenoxy) is 1. The maximum Gasteiger partial charge on any atom is 0.264 e. The first-order chi connectivity index (χ1) is 20.1. The van der Waals surface area contributed by atoms with Crippen LogP contribution >= 0.6 is 0 Å². The molecule has 2 amide bonds. The number of amides is 2. The van der Waals surface area contributed by atoms with Crippen molar-refractivity contribution in [3.8, 4) is 5.75 Å². The molecule has 3 aromatic carbocycles. The van der Waals surface area contributed by atoms with Crippen LogP contribution in [0.2, 0.25) is 0 Å². The topological polar surface area (TPSA) is 96.0 Å². The van der Waals surface area contributed by atoms with Crippen molar-refractivity contribution < 1.29 is 22.7 Å². The molecule has 0 radical (unpaired) electrons. The quantitative estimate of drug-likeness (QED) is 0.311. The molecule has 1 N–H and O–H groups in total. The molecule has 1 atom stereocenters. The summed E-state index contributed by atoms with van der Waals surface area (Å²) in [6, 6.07) is 20.4. The molecular formula is C33H41N3O5S. The lowest BCUT2D eigenvalue weighted by Gasteiger charge is -2.33. The van der Waals surface area contributed by atoms with Crippen molar-refractivity contribution in [3.05, 3.63) is 89.5 Å². The van der Waals surface area contributed by atoms with Gasteiger partial charge in [-0.3, -0.25) is 13.9 Å². The van der Waals surface area contributed by atoms with Crippen LogP contribution in [0.15, 0.2) is 77.7 Å². The molecular weight excluding hydrogens is 550 g/mol. The minimum absolute atomic E-state index is 0.0866. The molecule has 0 unspecified atom stereocenters. The van der Waals surface area contributed by atoms with Crippen molar-refractivity contribution in [3.63, 3.8) is 0 Å². The van der Waals surface area contributed by atoms with Gasteiger partial charge in [0.2, 0.25) is 11.8 Å². The van der Waals surface area contributed by atoms with Crippen molar-refractivity contribution in [2.45, 2.75) is 76.4 Å². The predicted molar refractivity (Wildman–Crippen MR) is 165 cm³/mol. The van der Waals surface area contributed by atoms with Crippen LogP contribution in [-0.4, -0.2) is 50.9 Å². The second-order valence-electron chi connectivity index (χ2n) is 10.8. The van der Waals surface area contributed by atoms with Gasteiger partial charge in [-0.15, -0.1) is 0 Å². The number of carbonyl (C=O) groups excluding carboxylic acids is 2. The Hall–Kier alpha value is -3.85. The molecule has 4 rings (SSSR count). The summed E-state index contributed by atoms with van der Waals surface area (Å²) in [6.45, 7) is 5.18. The molecule has 0 aromatic heterocycles. The maximum absolute atomic E-state index is 14.2. The van der Waals surface area contributed by atoms with Gasteiger partial charge in [0, 0.05) is 12.6 Å². The number of hydrogen-bond donors (Lipinski definition) is 1. The molecule has 0 aliphatic heterocycles. The first-order valence-corrected chi connectivity index (χ1v) is 16.0. The number of carbonyl (C=O) groups is 2. The van der Waals surface area contributed by atoms with Gasteiger partial charge in [0.05, 0.1) is 17.7 Å². The Balaban J connectivity index is 1.72. The molecule has 3 aromatic rings. The Morgan fingerprint density at radius 1 is 1.00 bits per heavy atom. The van der Waals surface area contributed by atoms with Crippen LogP contribution in [0.5, 0.6) is 5.75 Å². The molecule has 1 fully saturated rings. The number of aryl methyl sites for hydroxylation is 2. The summed E-state index contributed by atoms with van der Waals surface area (Å²) in [5.74, 6) is -0.100. The lowest BCUT2D eigenvalue weighted by atomic mass is 10.1. The van der Waals surface area contributed by atoms with Crippen LogP contribution in [-0.2, 0) is 32.6 Å². The minimum Gasteiger partial charge on any atom is -0.497 e. The van der Waals surface area contributed by atoms with Crippen molar-refractivity contribution in [1.82, 2.24) is 10.2 Å². The molecule has 224 valence electrons. The maximum atomic E-state index is 14.2. The summed E-state index contributed by atoms with van der Waals surface area (Å²) in [7, 11) is -2.55. The van der Waals surface area contributed by atoms with Crippen molar-refractivity contribution in [2.75, 3.05) is 18.0 Å². The molecule has 0 spiro atoms. The van der Waals surface area contributed by atoms with E-state index in [2.05, 4.69) is 5.32 Å². The van der Waals surface area contributed by atoms with Gasteiger partial charge in [-0.1, -0.05) is 67.8 Å². The fraction of sp³-hybridized carbons (Fsp3) is 0.394. The second kappa shape index (κ2) is 13.9. The number of anilines is 1. The SMILES string of the molecule is CCc1ccccc1N(CC(=O)N(Cc1cccc(OC)c1)[C@H](C)C(=O)NC1CCCC1)S(=O)(=O)c1ccc(C)cc1. The average Bonchev–Trinajstić information content (AvgIpc) is 3.51. The van der Waals surface area contributed by atoms with Crippen LogP contribution in [0.25, 0.3) is 0 Å². The Labute approximate surface area is 249 Å². The first-order valence-electron chi connectivity index (χ1n) is 14.5. The summed E-state index contributed by atoms with van der Waals surface area (Å²) >= 11 is 0. The van der Waals surface area contributed by atoms with E-state index in [0.29, 0.717) is 17.9 Å². The average molecular weight is 592 g/mol. The summed E-state index contributed by atoms with van der Waals surface area (Å²) < 4.78 is 34.8. The second-order valence-corrected chi connectivity index (χ2v) is 12.7. The third-order valence-corrected chi connectivity index (χ3v) is 9.66. The Morgan fingerprint density at radius 3 is 2.36 bits per heavy atom. The van der Waals surface area contributed by atoms with E-state index in [-0.39, 0.29) is 23.4 Å². The molecule has 9 heteroatoms. The smallest absolute Gasteiger partial charge is 0.264 e. The summed E-state index contributed by atoms with van der Waals surface area (Å²) in [6.07, 6.45) is 4.54. The number of methoxy groups -OCH3 is 1. The normalized spacial score (nSPS) is 14.3. The molecule has 0 heterocycles. The van der Waals surface area contributed by atoms with E-state index in [4.69, 9.17) is 4.74 Å². The van der Waals surface area contributed by atoms with Gasteiger partial charge in [-0.25, -0.2) is 8.42 Å². The van der Waals surface area contributed by atoms with Gasteiger partial charge in [0.25, 0.3) is 10.0 Å². The number of sulfonamides is 1.